The van der Waals surface area contributed by atoms with E-state index in [4.69, 9.17) is 11.6 Å². The molecule has 1 saturated heterocycles. The maximum Gasteiger partial charge on any atom is 0.252 e. The van der Waals surface area contributed by atoms with Gasteiger partial charge in [0.15, 0.2) is 0 Å². The van der Waals surface area contributed by atoms with Gasteiger partial charge in [-0.3, -0.25) is 0 Å². The fourth-order valence-electron chi connectivity index (χ4n) is 2.04. The second-order valence-corrected chi connectivity index (χ2v) is 9.03. The Morgan fingerprint density at radius 2 is 2.28 bits per heavy atom. The van der Waals surface area contributed by atoms with E-state index in [2.05, 4.69) is 15.9 Å². The van der Waals surface area contributed by atoms with Crippen molar-refractivity contribution in [1.29, 1.82) is 0 Å². The zero-order chi connectivity index (χ0) is 13.3. The molecule has 1 atom stereocenters. The van der Waals surface area contributed by atoms with Crippen molar-refractivity contribution in [2.45, 2.75) is 29.5 Å². The molecule has 18 heavy (non-hydrogen) atoms. The molecule has 1 aliphatic rings. The number of aliphatic hydroxyl groups excluding tert-OH is 1. The van der Waals surface area contributed by atoms with Crippen LogP contribution in [0.5, 0.6) is 0 Å². The molecule has 2 rings (SSSR count). The van der Waals surface area contributed by atoms with E-state index in [1.165, 1.54) is 10.4 Å². The fourth-order valence-corrected chi connectivity index (χ4v) is 6.26. The van der Waals surface area contributed by atoms with E-state index in [0.29, 0.717) is 21.8 Å². The summed E-state index contributed by atoms with van der Waals surface area (Å²) >= 11 is 10.2. The molecule has 1 N–H and O–H groups in total. The minimum Gasteiger partial charge on any atom is -0.395 e. The third kappa shape index (κ3) is 2.76. The number of aliphatic hydroxyl groups is 1. The molecule has 0 aromatic carbocycles. The number of sulfonamides is 1. The molecular formula is C10H13BrClNO3S2. The van der Waals surface area contributed by atoms with Gasteiger partial charge in [-0.25, -0.2) is 8.42 Å². The lowest BCUT2D eigenvalue weighted by Gasteiger charge is -2.32. The van der Waals surface area contributed by atoms with Gasteiger partial charge in [0.25, 0.3) is 10.0 Å². The molecule has 1 aliphatic heterocycles. The van der Waals surface area contributed by atoms with Crippen molar-refractivity contribution in [2.24, 2.45) is 0 Å². The summed E-state index contributed by atoms with van der Waals surface area (Å²) in [6.45, 7) is 0.320. The van der Waals surface area contributed by atoms with Crippen LogP contribution in [-0.2, 0) is 10.0 Å². The first-order valence-corrected chi connectivity index (χ1v) is 8.97. The summed E-state index contributed by atoms with van der Waals surface area (Å²) in [7, 11) is -3.55. The first-order valence-electron chi connectivity index (χ1n) is 5.54. The van der Waals surface area contributed by atoms with Crippen LogP contribution in [0.1, 0.15) is 19.3 Å². The molecular weight excluding hydrogens is 362 g/mol. The summed E-state index contributed by atoms with van der Waals surface area (Å²) < 4.78 is 27.2. The number of rotatable bonds is 3. The van der Waals surface area contributed by atoms with Crippen LogP contribution < -0.4 is 0 Å². The lowest BCUT2D eigenvalue weighted by molar-refractivity contribution is 0.155. The third-order valence-corrected chi connectivity index (χ3v) is 7.85. The smallest absolute Gasteiger partial charge is 0.252 e. The maximum absolute atomic E-state index is 12.5. The number of thiophene rings is 1. The number of halogens is 2. The van der Waals surface area contributed by atoms with E-state index < -0.39 is 10.0 Å². The minimum atomic E-state index is -3.55. The van der Waals surface area contributed by atoms with E-state index in [1.807, 2.05) is 0 Å². The molecule has 2 heterocycles. The Bertz CT molecular complexity index is 512. The van der Waals surface area contributed by atoms with Gasteiger partial charge in [0.2, 0.25) is 0 Å². The van der Waals surface area contributed by atoms with Crippen molar-refractivity contribution in [3.63, 3.8) is 0 Å². The van der Waals surface area contributed by atoms with E-state index in [-0.39, 0.29) is 16.9 Å². The summed E-state index contributed by atoms with van der Waals surface area (Å²) in [6.07, 6.45) is 2.48. The molecule has 1 aromatic rings. The third-order valence-electron chi connectivity index (χ3n) is 2.97. The predicted octanol–water partition coefficient (Wildman–Crippen LogP) is 2.70. The highest BCUT2D eigenvalue weighted by Crippen LogP contribution is 2.37. The van der Waals surface area contributed by atoms with Gasteiger partial charge in [-0.1, -0.05) is 18.0 Å². The van der Waals surface area contributed by atoms with E-state index >= 15 is 0 Å². The van der Waals surface area contributed by atoms with Gasteiger partial charge in [-0.05, 0) is 34.8 Å². The Balaban J connectivity index is 2.35. The molecule has 8 heteroatoms. The Morgan fingerprint density at radius 3 is 2.83 bits per heavy atom. The number of hydrogen-bond acceptors (Lipinski definition) is 4. The van der Waals surface area contributed by atoms with Crippen LogP contribution in [-0.4, -0.2) is 37.0 Å². The predicted molar refractivity (Wildman–Crippen MR) is 75.6 cm³/mol. The molecule has 0 saturated carbocycles. The zero-order valence-corrected chi connectivity index (χ0v) is 13.4. The Kier molecular flexibility index (Phi) is 4.72. The van der Waals surface area contributed by atoms with Crippen molar-refractivity contribution >= 4 is 48.9 Å². The minimum absolute atomic E-state index is 0.139. The first-order chi connectivity index (χ1) is 8.46. The summed E-state index contributed by atoms with van der Waals surface area (Å²) in [5.41, 5.74) is 0. The summed E-state index contributed by atoms with van der Waals surface area (Å²) in [4.78, 5) is 0. The standard InChI is InChI=1S/C10H13BrClNO3S2/c11-10-8(12)5-9(17-10)18(15,16)13-4-2-1-3-7(13)6-14/h5,7,14H,1-4,6H2. The van der Waals surface area contributed by atoms with Gasteiger partial charge in [0.1, 0.15) is 4.21 Å². The highest BCUT2D eigenvalue weighted by Gasteiger charge is 2.34. The zero-order valence-electron chi connectivity index (χ0n) is 9.47. The average Bonchev–Trinajstić information content (AvgIpc) is 2.70. The lowest BCUT2D eigenvalue weighted by atomic mass is 10.1. The molecule has 0 amide bonds. The number of hydrogen-bond donors (Lipinski definition) is 1. The average molecular weight is 375 g/mol. The van der Waals surface area contributed by atoms with Crippen LogP contribution in [0.25, 0.3) is 0 Å². The van der Waals surface area contributed by atoms with Crippen molar-refractivity contribution in [2.75, 3.05) is 13.2 Å². The molecule has 1 fully saturated rings. The molecule has 4 nitrogen and oxygen atoms in total. The van der Waals surface area contributed by atoms with Crippen molar-refractivity contribution in [3.05, 3.63) is 14.9 Å². The topological polar surface area (TPSA) is 57.6 Å². The van der Waals surface area contributed by atoms with E-state index in [0.717, 1.165) is 24.2 Å². The van der Waals surface area contributed by atoms with E-state index in [9.17, 15) is 13.5 Å². The van der Waals surface area contributed by atoms with Crippen LogP contribution in [0, 0.1) is 0 Å². The fraction of sp³-hybridized carbons (Fsp3) is 0.600. The van der Waals surface area contributed by atoms with Crippen molar-refractivity contribution in [3.8, 4) is 0 Å². The van der Waals surface area contributed by atoms with Gasteiger partial charge in [-0.15, -0.1) is 11.3 Å². The van der Waals surface area contributed by atoms with Crippen LogP contribution in [0.2, 0.25) is 5.02 Å². The van der Waals surface area contributed by atoms with Gasteiger partial charge >= 0.3 is 0 Å². The second kappa shape index (κ2) is 5.76. The molecule has 0 aliphatic carbocycles. The quantitative estimate of drug-likeness (QED) is 0.885. The Labute approximate surface area is 124 Å². The van der Waals surface area contributed by atoms with Crippen LogP contribution in [0.3, 0.4) is 0 Å². The summed E-state index contributed by atoms with van der Waals surface area (Å²) in [6, 6.07) is 1.14. The summed E-state index contributed by atoms with van der Waals surface area (Å²) in [5, 5.41) is 9.69. The molecule has 0 bridgehead atoms. The normalized spacial score (nSPS) is 22.3. The van der Waals surface area contributed by atoms with Gasteiger partial charge < -0.3 is 5.11 Å². The van der Waals surface area contributed by atoms with Crippen LogP contribution in [0.15, 0.2) is 14.1 Å². The first kappa shape index (κ1) is 14.7. The maximum atomic E-state index is 12.5. The Morgan fingerprint density at radius 1 is 1.56 bits per heavy atom. The monoisotopic (exact) mass is 373 g/mol. The highest BCUT2D eigenvalue weighted by molar-refractivity contribution is 9.11. The number of nitrogens with zero attached hydrogens (tertiary/aromatic N) is 1. The molecule has 102 valence electrons. The van der Waals surface area contributed by atoms with E-state index in [1.54, 1.807) is 0 Å². The van der Waals surface area contributed by atoms with Crippen molar-refractivity contribution in [1.82, 2.24) is 4.31 Å². The van der Waals surface area contributed by atoms with Crippen LogP contribution in [0.4, 0.5) is 0 Å². The van der Waals surface area contributed by atoms with Crippen LogP contribution >= 0.6 is 38.9 Å². The largest absolute Gasteiger partial charge is 0.395 e. The second-order valence-electron chi connectivity index (χ2n) is 4.14. The van der Waals surface area contributed by atoms with Gasteiger partial charge in [-0.2, -0.15) is 4.31 Å². The van der Waals surface area contributed by atoms with Gasteiger partial charge in [0, 0.05) is 12.6 Å². The lowest BCUT2D eigenvalue weighted by Crippen LogP contribution is -2.45. The highest BCUT2D eigenvalue weighted by atomic mass is 79.9. The SMILES string of the molecule is O=S(=O)(c1cc(Cl)c(Br)s1)N1CCCCC1CO. The molecule has 1 aromatic heterocycles. The molecule has 0 spiro atoms. The van der Waals surface area contributed by atoms with Gasteiger partial charge in [0.05, 0.1) is 15.4 Å². The van der Waals surface area contributed by atoms with Crippen molar-refractivity contribution < 1.29 is 13.5 Å². The molecule has 0 radical (unpaired) electrons. The number of piperidine rings is 1. The summed E-state index contributed by atoms with van der Waals surface area (Å²) in [5.74, 6) is 0. The Hall–Kier alpha value is 0.340. The molecule has 1 unspecified atom stereocenters.